The lowest BCUT2D eigenvalue weighted by Gasteiger charge is -2.30. The van der Waals surface area contributed by atoms with Crippen LogP contribution in [0, 0.1) is 0 Å². The minimum Gasteiger partial charge on any atom is -0.456 e. The second-order valence-electron chi connectivity index (χ2n) is 7.18. The van der Waals surface area contributed by atoms with Gasteiger partial charge in [-0.05, 0) is 30.4 Å². The minimum absolute atomic E-state index is 0.859. The average Bonchev–Trinajstić information content (AvgIpc) is 3.31. The molecule has 3 aromatic rings. The number of para-hydroxylation sites is 2. The molecule has 134 valence electrons. The molecule has 4 aliphatic rings. The average molecular weight is 400 g/mol. The molecule has 4 aliphatic heterocycles. The predicted octanol–water partition coefficient (Wildman–Crippen LogP) is 5.22. The molecule has 0 radical (unpaired) electrons. The maximum atomic E-state index is 6.40. The molecule has 28 heavy (non-hydrogen) atoms. The van der Waals surface area contributed by atoms with Gasteiger partial charge in [0.15, 0.2) is 6.54 Å². The van der Waals surface area contributed by atoms with Crippen LogP contribution in [0.3, 0.4) is 0 Å². The normalized spacial score (nSPS) is 19.0. The van der Waals surface area contributed by atoms with Crippen LogP contribution in [0.1, 0.15) is 5.01 Å². The fraction of sp³-hybridized carbons (Fsp3) is 0.0870. The highest BCUT2D eigenvalue weighted by Gasteiger charge is 2.38. The lowest BCUT2D eigenvalue weighted by Crippen LogP contribution is -2.38. The Morgan fingerprint density at radius 1 is 0.964 bits per heavy atom. The van der Waals surface area contributed by atoms with E-state index in [9.17, 15) is 0 Å². The first-order chi connectivity index (χ1) is 13.9. The van der Waals surface area contributed by atoms with Crippen LogP contribution < -0.4 is 9.47 Å². The van der Waals surface area contributed by atoms with Crippen LogP contribution in [0.15, 0.2) is 93.8 Å². The standard InChI is InChI=1S/C23H15N2OS2/c1-3-7-20-16(5-1)24-11-9-18-14(22(24)27-20)13-15-19(26-18)10-12-25-17-6-2-4-8-21(17)28-23(15)25/h1-10,13H,11-12H2/q+1. The van der Waals surface area contributed by atoms with Gasteiger partial charge >= 0.3 is 0 Å². The van der Waals surface area contributed by atoms with Gasteiger partial charge in [0, 0.05) is 29.2 Å². The van der Waals surface area contributed by atoms with Gasteiger partial charge in [0.2, 0.25) is 5.52 Å². The van der Waals surface area contributed by atoms with Crippen molar-refractivity contribution in [1.82, 2.24) is 0 Å². The van der Waals surface area contributed by atoms with Crippen LogP contribution in [0.25, 0.3) is 15.8 Å². The Morgan fingerprint density at radius 2 is 1.86 bits per heavy atom. The second-order valence-corrected chi connectivity index (χ2v) is 9.24. The van der Waals surface area contributed by atoms with Crippen LogP contribution in [-0.4, -0.2) is 6.54 Å². The fourth-order valence-electron chi connectivity index (χ4n) is 4.33. The number of fused-ring (bicyclic) bond motifs is 9. The number of anilines is 1. The number of thiazole rings is 1. The van der Waals surface area contributed by atoms with Crippen LogP contribution in [0.2, 0.25) is 0 Å². The summed E-state index contributed by atoms with van der Waals surface area (Å²) in [6.07, 6.45) is 6.76. The first-order valence-electron chi connectivity index (χ1n) is 9.38. The summed E-state index contributed by atoms with van der Waals surface area (Å²) in [6, 6.07) is 17.3. The Bertz CT molecular complexity index is 1330. The molecule has 0 amide bonds. The molecule has 0 bridgehead atoms. The van der Waals surface area contributed by atoms with Crippen molar-refractivity contribution in [2.75, 3.05) is 11.4 Å². The zero-order valence-electron chi connectivity index (χ0n) is 14.9. The molecule has 2 aromatic carbocycles. The molecule has 7 rings (SSSR count). The molecule has 0 spiro atoms. The Kier molecular flexibility index (Phi) is 2.93. The smallest absolute Gasteiger partial charge is 0.274 e. The number of ether oxygens (including phenoxy) is 1. The molecule has 0 fully saturated rings. The van der Waals surface area contributed by atoms with Crippen molar-refractivity contribution in [3.63, 3.8) is 0 Å². The summed E-state index contributed by atoms with van der Waals surface area (Å²) in [5.41, 5.74) is 4.99. The van der Waals surface area contributed by atoms with Crippen LogP contribution in [0.4, 0.5) is 5.69 Å². The first kappa shape index (κ1) is 15.2. The van der Waals surface area contributed by atoms with Gasteiger partial charge in [0.25, 0.3) is 5.01 Å². The summed E-state index contributed by atoms with van der Waals surface area (Å²) in [5.74, 6) is 1.99. The third-order valence-corrected chi connectivity index (χ3v) is 8.03. The van der Waals surface area contributed by atoms with E-state index in [1.54, 1.807) is 0 Å². The molecule has 0 saturated carbocycles. The number of benzene rings is 2. The van der Waals surface area contributed by atoms with Crippen LogP contribution >= 0.6 is 23.1 Å². The maximum absolute atomic E-state index is 6.40. The summed E-state index contributed by atoms with van der Waals surface area (Å²) >= 11 is 3.70. The number of rotatable bonds is 0. The van der Waals surface area contributed by atoms with Gasteiger partial charge in [-0.3, -0.25) is 0 Å². The Balaban J connectivity index is 1.45. The van der Waals surface area contributed by atoms with Gasteiger partial charge in [-0.1, -0.05) is 47.4 Å². The second kappa shape index (κ2) is 5.40. The number of allylic oxidation sites excluding steroid dienone is 3. The lowest BCUT2D eigenvalue weighted by atomic mass is 10.0. The van der Waals surface area contributed by atoms with Crippen LogP contribution in [-0.2, 0) is 11.3 Å². The maximum Gasteiger partial charge on any atom is 0.274 e. The van der Waals surface area contributed by atoms with Crippen molar-refractivity contribution < 1.29 is 9.30 Å². The fourth-order valence-corrected chi connectivity index (χ4v) is 6.71. The topological polar surface area (TPSA) is 16.4 Å². The van der Waals surface area contributed by atoms with E-state index in [4.69, 9.17) is 4.74 Å². The van der Waals surface area contributed by atoms with Gasteiger partial charge in [-0.15, -0.1) is 0 Å². The molecular formula is C23H15N2OS2+. The highest BCUT2D eigenvalue weighted by atomic mass is 32.2. The molecule has 0 atom stereocenters. The van der Waals surface area contributed by atoms with Crippen molar-refractivity contribution in [1.29, 1.82) is 0 Å². The number of nitrogens with zero attached hydrogens (tertiary/aromatic N) is 2. The number of thioether (sulfide) groups is 1. The van der Waals surface area contributed by atoms with E-state index in [0.717, 1.165) is 24.6 Å². The van der Waals surface area contributed by atoms with Gasteiger partial charge in [-0.25, -0.2) is 0 Å². The van der Waals surface area contributed by atoms with Gasteiger partial charge < -0.3 is 9.64 Å². The first-order valence-corrected chi connectivity index (χ1v) is 11.0. The van der Waals surface area contributed by atoms with E-state index < -0.39 is 0 Å². The van der Waals surface area contributed by atoms with Crippen LogP contribution in [0.5, 0.6) is 0 Å². The molecule has 0 aliphatic carbocycles. The monoisotopic (exact) mass is 399 g/mol. The Morgan fingerprint density at radius 3 is 2.86 bits per heavy atom. The molecule has 0 saturated heterocycles. The number of hydrogen-bond acceptors (Lipinski definition) is 4. The van der Waals surface area contributed by atoms with E-state index in [1.807, 2.05) is 23.1 Å². The van der Waals surface area contributed by atoms with Crippen molar-refractivity contribution in [3.05, 3.63) is 93.9 Å². The summed E-state index contributed by atoms with van der Waals surface area (Å²) < 4.78 is 10.1. The molecule has 0 N–H and O–H groups in total. The van der Waals surface area contributed by atoms with Crippen molar-refractivity contribution in [2.45, 2.75) is 11.4 Å². The van der Waals surface area contributed by atoms with Gasteiger partial charge in [0.1, 0.15) is 21.8 Å². The largest absolute Gasteiger partial charge is 0.456 e. The molecule has 3 nitrogen and oxygen atoms in total. The third-order valence-electron chi connectivity index (χ3n) is 5.63. The van der Waals surface area contributed by atoms with Crippen molar-refractivity contribution in [3.8, 4) is 0 Å². The van der Waals surface area contributed by atoms with Crippen molar-refractivity contribution in [2.24, 2.45) is 0 Å². The van der Waals surface area contributed by atoms with Gasteiger partial charge in [0.05, 0.1) is 10.7 Å². The molecular weight excluding hydrogens is 384 g/mol. The summed E-state index contributed by atoms with van der Waals surface area (Å²) in [7, 11) is 0. The van der Waals surface area contributed by atoms with E-state index in [2.05, 4.69) is 76.2 Å². The Hall–Kier alpha value is -2.76. The minimum atomic E-state index is 0.859. The molecule has 1 aromatic heterocycles. The van der Waals surface area contributed by atoms with Gasteiger partial charge in [-0.2, -0.15) is 4.57 Å². The molecule has 5 heteroatoms. The zero-order valence-corrected chi connectivity index (χ0v) is 16.5. The summed E-state index contributed by atoms with van der Waals surface area (Å²) in [4.78, 5) is 3.72. The highest BCUT2D eigenvalue weighted by Crippen LogP contribution is 2.52. The molecule has 5 heterocycles. The summed E-state index contributed by atoms with van der Waals surface area (Å²) in [5, 5.41) is 2.56. The molecule has 0 unspecified atom stereocenters. The number of hydrogen-bond donors (Lipinski definition) is 0. The zero-order chi connectivity index (χ0) is 18.2. The van der Waals surface area contributed by atoms with E-state index in [0.29, 0.717) is 0 Å². The number of aromatic nitrogens is 1. The quantitative estimate of drug-likeness (QED) is 0.482. The van der Waals surface area contributed by atoms with E-state index in [-0.39, 0.29) is 0 Å². The lowest BCUT2D eigenvalue weighted by molar-refractivity contribution is -0.660. The summed E-state index contributed by atoms with van der Waals surface area (Å²) in [6.45, 7) is 1.72. The third kappa shape index (κ3) is 1.93. The SMILES string of the molecule is C1=C2OC3=CCN4C(=C3C=C2c2sc3ccccc3[n+]2C1)Sc1ccccc14. The Labute approximate surface area is 170 Å². The van der Waals surface area contributed by atoms with E-state index in [1.165, 1.54) is 42.0 Å². The van der Waals surface area contributed by atoms with Crippen molar-refractivity contribution >= 4 is 44.6 Å². The predicted molar refractivity (Wildman–Crippen MR) is 114 cm³/mol. The van der Waals surface area contributed by atoms with E-state index >= 15 is 0 Å². The highest BCUT2D eigenvalue weighted by molar-refractivity contribution is 8.03.